The van der Waals surface area contributed by atoms with Crippen molar-refractivity contribution in [1.29, 1.82) is 0 Å². The monoisotopic (exact) mass is 327 g/mol. The summed E-state index contributed by atoms with van der Waals surface area (Å²) in [7, 11) is 0. The lowest BCUT2D eigenvalue weighted by Crippen LogP contribution is -2.32. The molecule has 1 aromatic heterocycles. The minimum Gasteiger partial charge on any atom is -0.375 e. The first kappa shape index (κ1) is 14.2. The van der Waals surface area contributed by atoms with Crippen molar-refractivity contribution in [2.45, 2.75) is 45.1 Å². The number of anilines is 1. The highest BCUT2D eigenvalue weighted by molar-refractivity contribution is 9.10. The summed E-state index contributed by atoms with van der Waals surface area (Å²) in [5.41, 5.74) is 0.597. The second-order valence-corrected chi connectivity index (χ2v) is 5.83. The average molecular weight is 328 g/mol. The normalized spacial score (nSPS) is 23.1. The molecule has 1 aliphatic carbocycles. The van der Waals surface area contributed by atoms with Crippen LogP contribution in [-0.4, -0.2) is 15.9 Å². The molecule has 104 valence electrons. The molecule has 0 amide bonds. The maximum atomic E-state index is 11.1. The first-order valence-electron chi connectivity index (χ1n) is 6.68. The van der Waals surface area contributed by atoms with E-state index in [9.17, 15) is 10.1 Å². The molecule has 0 spiro atoms. The first-order valence-corrected chi connectivity index (χ1v) is 7.47. The van der Waals surface area contributed by atoms with Gasteiger partial charge in [0.1, 0.15) is 11.9 Å². The van der Waals surface area contributed by atoms with Crippen LogP contribution in [0.25, 0.3) is 0 Å². The van der Waals surface area contributed by atoms with Gasteiger partial charge in [-0.05, 0) is 34.7 Å². The highest BCUT2D eigenvalue weighted by atomic mass is 79.9. The molecule has 1 aromatic rings. The summed E-state index contributed by atoms with van der Waals surface area (Å²) in [4.78, 5) is 14.6. The van der Waals surface area contributed by atoms with Gasteiger partial charge < -0.3 is 5.32 Å². The molecule has 1 aliphatic rings. The number of halogens is 1. The molecule has 2 unspecified atom stereocenters. The predicted molar refractivity (Wildman–Crippen MR) is 78.3 cm³/mol. The first-order chi connectivity index (χ1) is 9.13. The summed E-state index contributed by atoms with van der Waals surface area (Å²) in [5.74, 6) is 0.591. The lowest BCUT2D eigenvalue weighted by Gasteiger charge is -2.32. The summed E-state index contributed by atoms with van der Waals surface area (Å²) in [6, 6.07) is 0.316. The summed E-state index contributed by atoms with van der Waals surface area (Å²) < 4.78 is 0.655. The fourth-order valence-electron chi connectivity index (χ4n) is 2.78. The Hall–Kier alpha value is -1.17. The highest BCUT2D eigenvalue weighted by Gasteiger charge is 2.27. The van der Waals surface area contributed by atoms with Gasteiger partial charge in [-0.3, -0.25) is 15.1 Å². The van der Waals surface area contributed by atoms with E-state index < -0.39 is 0 Å². The molecule has 0 aliphatic heterocycles. The Morgan fingerprint density at radius 2 is 2.21 bits per heavy atom. The van der Waals surface area contributed by atoms with Gasteiger partial charge in [-0.1, -0.05) is 26.2 Å². The van der Waals surface area contributed by atoms with Crippen molar-refractivity contribution in [3.63, 3.8) is 0 Å². The summed E-state index contributed by atoms with van der Waals surface area (Å²) >= 11 is 3.35. The molecule has 5 nitrogen and oxygen atoms in total. The average Bonchev–Trinajstić information content (AvgIpc) is 2.41. The summed E-state index contributed by atoms with van der Waals surface area (Å²) in [6.45, 7) is 2.18. The van der Waals surface area contributed by atoms with Crippen molar-refractivity contribution in [3.8, 4) is 0 Å². The zero-order valence-corrected chi connectivity index (χ0v) is 12.5. The Morgan fingerprint density at radius 1 is 1.47 bits per heavy atom. The SMILES string of the molecule is CCC1CCCCC1Nc1c(Br)cncc1[N+](=O)[O-]. The lowest BCUT2D eigenvalue weighted by atomic mass is 9.83. The van der Waals surface area contributed by atoms with Crippen LogP contribution >= 0.6 is 15.9 Å². The van der Waals surface area contributed by atoms with Gasteiger partial charge in [-0.15, -0.1) is 0 Å². The van der Waals surface area contributed by atoms with Gasteiger partial charge in [0.25, 0.3) is 0 Å². The van der Waals surface area contributed by atoms with Crippen LogP contribution in [-0.2, 0) is 0 Å². The van der Waals surface area contributed by atoms with Crippen LogP contribution in [0, 0.1) is 16.0 Å². The number of rotatable bonds is 4. The zero-order valence-electron chi connectivity index (χ0n) is 10.9. The third kappa shape index (κ3) is 3.23. The van der Waals surface area contributed by atoms with Gasteiger partial charge >= 0.3 is 5.69 Å². The van der Waals surface area contributed by atoms with Crippen LogP contribution in [0.1, 0.15) is 39.0 Å². The molecule has 1 fully saturated rings. The molecule has 1 heterocycles. The Bertz CT molecular complexity index is 467. The fraction of sp³-hybridized carbons (Fsp3) is 0.615. The second-order valence-electron chi connectivity index (χ2n) is 4.98. The van der Waals surface area contributed by atoms with Gasteiger partial charge in [0.15, 0.2) is 0 Å². The van der Waals surface area contributed by atoms with Crippen LogP contribution < -0.4 is 5.32 Å². The van der Waals surface area contributed by atoms with E-state index in [0.717, 1.165) is 12.8 Å². The van der Waals surface area contributed by atoms with Crippen molar-refractivity contribution < 1.29 is 4.92 Å². The van der Waals surface area contributed by atoms with E-state index in [2.05, 4.69) is 33.2 Å². The van der Waals surface area contributed by atoms with E-state index in [1.54, 1.807) is 6.20 Å². The van der Waals surface area contributed by atoms with Gasteiger partial charge in [0, 0.05) is 12.2 Å². The summed E-state index contributed by atoms with van der Waals surface area (Å²) in [5, 5.41) is 14.4. The molecule has 2 rings (SSSR count). The Labute approximate surface area is 121 Å². The van der Waals surface area contributed by atoms with E-state index in [4.69, 9.17) is 0 Å². The molecule has 6 heteroatoms. The number of hydrogen-bond acceptors (Lipinski definition) is 4. The molecule has 1 saturated carbocycles. The number of pyridine rings is 1. The van der Waals surface area contributed by atoms with Crippen molar-refractivity contribution in [2.75, 3.05) is 5.32 Å². The smallest absolute Gasteiger partial charge is 0.311 e. The molecule has 19 heavy (non-hydrogen) atoms. The minimum absolute atomic E-state index is 0.0369. The molecule has 0 aromatic carbocycles. The molecule has 1 N–H and O–H groups in total. The van der Waals surface area contributed by atoms with Gasteiger partial charge in [0.05, 0.1) is 9.40 Å². The van der Waals surface area contributed by atoms with E-state index in [1.165, 1.54) is 25.5 Å². The molecular formula is C13H18BrN3O2. The van der Waals surface area contributed by atoms with Crippen molar-refractivity contribution >= 4 is 27.3 Å². The highest BCUT2D eigenvalue weighted by Crippen LogP contribution is 2.36. The predicted octanol–water partition coefficient (Wildman–Crippen LogP) is 4.13. The molecule has 0 radical (unpaired) electrons. The Morgan fingerprint density at radius 3 is 2.89 bits per heavy atom. The Balaban J connectivity index is 2.24. The van der Waals surface area contributed by atoms with E-state index in [0.29, 0.717) is 22.1 Å². The Kier molecular flexibility index (Phi) is 4.74. The van der Waals surface area contributed by atoms with Crippen LogP contribution in [0.5, 0.6) is 0 Å². The lowest BCUT2D eigenvalue weighted by molar-refractivity contribution is -0.384. The molecular weight excluding hydrogens is 310 g/mol. The van der Waals surface area contributed by atoms with Crippen LogP contribution in [0.4, 0.5) is 11.4 Å². The van der Waals surface area contributed by atoms with Gasteiger partial charge in [-0.2, -0.15) is 0 Å². The van der Waals surface area contributed by atoms with Crippen molar-refractivity contribution in [2.24, 2.45) is 5.92 Å². The van der Waals surface area contributed by atoms with E-state index in [1.807, 2.05) is 0 Å². The van der Waals surface area contributed by atoms with Crippen LogP contribution in [0.2, 0.25) is 0 Å². The number of nitrogens with one attached hydrogen (secondary N) is 1. The largest absolute Gasteiger partial charge is 0.375 e. The number of aromatic nitrogens is 1. The number of hydrogen-bond donors (Lipinski definition) is 1. The second kappa shape index (κ2) is 6.32. The number of nitro groups is 1. The van der Waals surface area contributed by atoms with Crippen LogP contribution in [0.15, 0.2) is 16.9 Å². The zero-order chi connectivity index (χ0) is 13.8. The maximum absolute atomic E-state index is 11.1. The molecule has 0 bridgehead atoms. The quantitative estimate of drug-likeness (QED) is 0.666. The number of nitrogens with zero attached hydrogens (tertiary/aromatic N) is 2. The topological polar surface area (TPSA) is 68.1 Å². The fourth-order valence-corrected chi connectivity index (χ4v) is 3.21. The standard InChI is InChI=1S/C13H18BrN3O2/c1-2-9-5-3-4-6-11(9)16-13-10(14)7-15-8-12(13)17(18)19/h7-9,11H,2-6H2,1H3,(H,15,16). The van der Waals surface area contributed by atoms with Crippen molar-refractivity contribution in [1.82, 2.24) is 4.98 Å². The third-order valence-corrected chi connectivity index (χ3v) is 4.44. The van der Waals surface area contributed by atoms with E-state index >= 15 is 0 Å². The van der Waals surface area contributed by atoms with Gasteiger partial charge in [0.2, 0.25) is 0 Å². The van der Waals surface area contributed by atoms with Gasteiger partial charge in [-0.25, -0.2) is 0 Å². The minimum atomic E-state index is -0.385. The van der Waals surface area contributed by atoms with E-state index in [-0.39, 0.29) is 10.6 Å². The molecule has 0 saturated heterocycles. The summed E-state index contributed by atoms with van der Waals surface area (Å²) in [6.07, 6.45) is 8.72. The van der Waals surface area contributed by atoms with Crippen molar-refractivity contribution in [3.05, 3.63) is 27.0 Å². The maximum Gasteiger partial charge on any atom is 0.311 e. The van der Waals surface area contributed by atoms with Crippen LogP contribution in [0.3, 0.4) is 0 Å². The molecule has 2 atom stereocenters. The third-order valence-electron chi connectivity index (χ3n) is 3.84.